The van der Waals surface area contributed by atoms with Crippen molar-refractivity contribution in [3.8, 4) is 0 Å². The van der Waals surface area contributed by atoms with Crippen LogP contribution in [0.15, 0.2) is 0 Å². The van der Waals surface area contributed by atoms with Crippen molar-refractivity contribution in [1.29, 1.82) is 0 Å². The molecule has 1 saturated carbocycles. The smallest absolute Gasteiger partial charge is 0.317 e. The van der Waals surface area contributed by atoms with Crippen molar-refractivity contribution in [1.82, 2.24) is 15.1 Å². The van der Waals surface area contributed by atoms with Crippen molar-refractivity contribution in [2.45, 2.75) is 70.8 Å². The molecule has 0 aromatic carbocycles. The van der Waals surface area contributed by atoms with Gasteiger partial charge in [-0.25, -0.2) is 4.79 Å². The summed E-state index contributed by atoms with van der Waals surface area (Å²) in [4.78, 5) is 28.5. The highest BCUT2D eigenvalue weighted by Crippen LogP contribution is 2.21. The molecule has 2 rings (SSSR count). The number of rotatable bonds is 5. The summed E-state index contributed by atoms with van der Waals surface area (Å²) in [5.41, 5.74) is 0. The zero-order valence-corrected chi connectivity index (χ0v) is 14.9. The van der Waals surface area contributed by atoms with Crippen molar-refractivity contribution in [3.05, 3.63) is 0 Å². The average Bonchev–Trinajstić information content (AvgIpc) is 2.60. The van der Waals surface area contributed by atoms with Gasteiger partial charge in [0, 0.05) is 38.6 Å². The fourth-order valence-corrected chi connectivity index (χ4v) is 3.66. The standard InChI is InChI=1S/C18H33N3O2/c1-3-4-12-20(2)17(22)15-10-13-21(14-11-15)18(23)19-16-8-6-5-7-9-16/h15-16H,3-14H2,1-2H3,(H,19,23). The van der Waals surface area contributed by atoms with Crippen LogP contribution < -0.4 is 5.32 Å². The maximum Gasteiger partial charge on any atom is 0.317 e. The van der Waals surface area contributed by atoms with Gasteiger partial charge in [-0.2, -0.15) is 0 Å². The molecule has 132 valence electrons. The van der Waals surface area contributed by atoms with E-state index in [4.69, 9.17) is 0 Å². The number of piperidine rings is 1. The number of hydrogen-bond acceptors (Lipinski definition) is 2. The third-order valence-electron chi connectivity index (χ3n) is 5.29. The fourth-order valence-electron chi connectivity index (χ4n) is 3.66. The van der Waals surface area contributed by atoms with E-state index >= 15 is 0 Å². The molecule has 0 atom stereocenters. The van der Waals surface area contributed by atoms with Crippen molar-refractivity contribution < 1.29 is 9.59 Å². The largest absolute Gasteiger partial charge is 0.346 e. The van der Waals surface area contributed by atoms with Gasteiger partial charge in [-0.15, -0.1) is 0 Å². The number of nitrogens with zero attached hydrogens (tertiary/aromatic N) is 2. The Balaban J connectivity index is 1.72. The number of amides is 3. The van der Waals surface area contributed by atoms with Crippen LogP contribution in [0.4, 0.5) is 4.79 Å². The molecule has 3 amide bonds. The highest BCUT2D eigenvalue weighted by Gasteiger charge is 2.29. The molecule has 0 unspecified atom stereocenters. The summed E-state index contributed by atoms with van der Waals surface area (Å²) in [5.74, 6) is 0.348. The fraction of sp³-hybridized carbons (Fsp3) is 0.889. The second-order valence-corrected chi connectivity index (χ2v) is 7.16. The predicted octanol–water partition coefficient (Wildman–Crippen LogP) is 3.00. The van der Waals surface area contributed by atoms with Crippen molar-refractivity contribution in [2.24, 2.45) is 5.92 Å². The van der Waals surface area contributed by atoms with Crippen molar-refractivity contribution >= 4 is 11.9 Å². The summed E-state index contributed by atoms with van der Waals surface area (Å²) in [6, 6.07) is 0.429. The first-order valence-electron chi connectivity index (χ1n) is 9.42. The highest BCUT2D eigenvalue weighted by molar-refractivity contribution is 5.79. The zero-order chi connectivity index (χ0) is 16.7. The Morgan fingerprint density at radius 1 is 1.09 bits per heavy atom. The number of unbranched alkanes of at least 4 members (excludes halogenated alkanes) is 1. The number of hydrogen-bond donors (Lipinski definition) is 1. The van der Waals surface area contributed by atoms with E-state index in [2.05, 4.69) is 12.2 Å². The van der Waals surface area contributed by atoms with Crippen LogP contribution in [0.5, 0.6) is 0 Å². The van der Waals surface area contributed by atoms with Crippen LogP contribution in [0.3, 0.4) is 0 Å². The molecular weight excluding hydrogens is 290 g/mol. The monoisotopic (exact) mass is 323 g/mol. The van der Waals surface area contributed by atoms with E-state index in [0.717, 1.165) is 45.1 Å². The lowest BCUT2D eigenvalue weighted by Crippen LogP contribution is -2.49. The summed E-state index contributed by atoms with van der Waals surface area (Å²) in [6.07, 6.45) is 9.75. The summed E-state index contributed by atoms with van der Waals surface area (Å²) >= 11 is 0. The molecule has 1 aliphatic heterocycles. The van der Waals surface area contributed by atoms with Gasteiger partial charge in [0.1, 0.15) is 0 Å². The molecule has 2 aliphatic rings. The molecular formula is C18H33N3O2. The third-order valence-corrected chi connectivity index (χ3v) is 5.29. The molecule has 5 heteroatoms. The normalized spacial score (nSPS) is 20.3. The number of urea groups is 1. The Bertz CT molecular complexity index is 386. The Labute approximate surface area is 140 Å². The van der Waals surface area contributed by atoms with Crippen LogP contribution in [0, 0.1) is 5.92 Å². The number of carbonyl (C=O) groups is 2. The molecule has 0 spiro atoms. The van der Waals surface area contributed by atoms with Gasteiger partial charge < -0.3 is 15.1 Å². The van der Waals surface area contributed by atoms with E-state index in [0.29, 0.717) is 19.1 Å². The molecule has 0 radical (unpaired) electrons. The average molecular weight is 323 g/mol. The minimum absolute atomic E-state index is 0.0714. The highest BCUT2D eigenvalue weighted by atomic mass is 16.2. The predicted molar refractivity (Wildman–Crippen MR) is 92.2 cm³/mol. The van der Waals surface area contributed by atoms with E-state index < -0.39 is 0 Å². The van der Waals surface area contributed by atoms with Gasteiger partial charge in [0.2, 0.25) is 5.91 Å². The van der Waals surface area contributed by atoms with Gasteiger partial charge in [-0.05, 0) is 32.1 Å². The topological polar surface area (TPSA) is 52.7 Å². The lowest BCUT2D eigenvalue weighted by Gasteiger charge is -2.34. The SMILES string of the molecule is CCCCN(C)C(=O)C1CCN(C(=O)NC2CCCCC2)CC1. The van der Waals surface area contributed by atoms with Crippen LogP contribution in [-0.2, 0) is 4.79 Å². The summed E-state index contributed by atoms with van der Waals surface area (Å²) in [5, 5.41) is 3.17. The van der Waals surface area contributed by atoms with E-state index in [-0.39, 0.29) is 17.9 Å². The van der Waals surface area contributed by atoms with Crippen molar-refractivity contribution in [3.63, 3.8) is 0 Å². The summed E-state index contributed by atoms with van der Waals surface area (Å²) in [6.45, 7) is 4.40. The van der Waals surface area contributed by atoms with E-state index in [1.807, 2.05) is 16.8 Å². The van der Waals surface area contributed by atoms with Gasteiger partial charge in [-0.3, -0.25) is 4.79 Å². The summed E-state index contributed by atoms with van der Waals surface area (Å²) < 4.78 is 0. The first-order valence-corrected chi connectivity index (χ1v) is 9.42. The Morgan fingerprint density at radius 3 is 2.35 bits per heavy atom. The van der Waals surface area contributed by atoms with Crippen LogP contribution in [0.1, 0.15) is 64.7 Å². The molecule has 1 saturated heterocycles. The maximum atomic E-state index is 12.4. The Morgan fingerprint density at radius 2 is 1.74 bits per heavy atom. The molecule has 5 nitrogen and oxygen atoms in total. The van der Waals surface area contributed by atoms with E-state index in [1.165, 1.54) is 19.3 Å². The molecule has 1 aliphatic carbocycles. The lowest BCUT2D eigenvalue weighted by molar-refractivity contribution is -0.135. The van der Waals surface area contributed by atoms with Crippen molar-refractivity contribution in [2.75, 3.05) is 26.7 Å². The Kier molecular flexibility index (Phi) is 7.18. The summed E-state index contributed by atoms with van der Waals surface area (Å²) in [7, 11) is 1.90. The molecule has 1 N–H and O–H groups in total. The number of carbonyl (C=O) groups excluding carboxylic acids is 2. The first kappa shape index (κ1) is 18.1. The third kappa shape index (κ3) is 5.40. The zero-order valence-electron chi connectivity index (χ0n) is 14.9. The molecule has 23 heavy (non-hydrogen) atoms. The lowest BCUT2D eigenvalue weighted by atomic mass is 9.94. The number of nitrogens with one attached hydrogen (secondary N) is 1. The molecule has 0 bridgehead atoms. The molecule has 2 fully saturated rings. The van der Waals surface area contributed by atoms with Crippen LogP contribution in [0.2, 0.25) is 0 Å². The maximum absolute atomic E-state index is 12.4. The second-order valence-electron chi connectivity index (χ2n) is 7.16. The number of likely N-dealkylation sites (tertiary alicyclic amines) is 1. The molecule has 0 aromatic rings. The first-order chi connectivity index (χ1) is 11.1. The van der Waals surface area contributed by atoms with Crippen LogP contribution in [-0.4, -0.2) is 54.5 Å². The molecule has 0 aromatic heterocycles. The van der Waals surface area contributed by atoms with Gasteiger partial charge in [-0.1, -0.05) is 32.6 Å². The van der Waals surface area contributed by atoms with Crippen LogP contribution >= 0.6 is 0 Å². The van der Waals surface area contributed by atoms with Gasteiger partial charge in [0.15, 0.2) is 0 Å². The van der Waals surface area contributed by atoms with Gasteiger partial charge >= 0.3 is 6.03 Å². The minimum atomic E-state index is 0.0714. The molecule has 1 heterocycles. The van der Waals surface area contributed by atoms with Gasteiger partial charge in [0.05, 0.1) is 0 Å². The van der Waals surface area contributed by atoms with Crippen LogP contribution in [0.25, 0.3) is 0 Å². The second kappa shape index (κ2) is 9.14. The minimum Gasteiger partial charge on any atom is -0.346 e. The van der Waals surface area contributed by atoms with E-state index in [1.54, 1.807) is 0 Å². The quantitative estimate of drug-likeness (QED) is 0.845. The Hall–Kier alpha value is -1.26. The van der Waals surface area contributed by atoms with E-state index in [9.17, 15) is 9.59 Å². The van der Waals surface area contributed by atoms with Gasteiger partial charge in [0.25, 0.3) is 0 Å².